The SMILES string of the molecule is C[C@@H]1CCCN1CCc1ccc(-c2ccc(C3CCCC3)cc2)cc1. The van der Waals surface area contributed by atoms with E-state index in [9.17, 15) is 0 Å². The Labute approximate surface area is 153 Å². The van der Waals surface area contributed by atoms with Gasteiger partial charge in [0.2, 0.25) is 0 Å². The fourth-order valence-electron chi connectivity index (χ4n) is 4.67. The van der Waals surface area contributed by atoms with E-state index in [4.69, 9.17) is 0 Å². The molecule has 0 N–H and O–H groups in total. The van der Waals surface area contributed by atoms with Gasteiger partial charge in [0.15, 0.2) is 0 Å². The molecule has 2 aromatic carbocycles. The van der Waals surface area contributed by atoms with E-state index in [-0.39, 0.29) is 0 Å². The summed E-state index contributed by atoms with van der Waals surface area (Å²) in [5, 5.41) is 0. The zero-order valence-corrected chi connectivity index (χ0v) is 15.6. The Morgan fingerprint density at radius 3 is 2.04 bits per heavy atom. The van der Waals surface area contributed by atoms with Gasteiger partial charge in [0.25, 0.3) is 0 Å². The van der Waals surface area contributed by atoms with E-state index in [1.807, 2.05) is 0 Å². The van der Waals surface area contributed by atoms with Crippen molar-refractivity contribution in [1.29, 1.82) is 0 Å². The third-order valence-corrected chi connectivity index (χ3v) is 6.40. The average molecular weight is 334 g/mol. The van der Waals surface area contributed by atoms with Crippen LogP contribution in [0.15, 0.2) is 48.5 Å². The number of rotatable bonds is 5. The summed E-state index contributed by atoms with van der Waals surface area (Å²) in [6.07, 6.45) is 9.49. The van der Waals surface area contributed by atoms with Gasteiger partial charge in [-0.2, -0.15) is 0 Å². The van der Waals surface area contributed by atoms with Gasteiger partial charge in [0.1, 0.15) is 0 Å². The maximum absolute atomic E-state index is 2.63. The molecule has 1 aliphatic carbocycles. The highest BCUT2D eigenvalue weighted by Gasteiger charge is 2.19. The van der Waals surface area contributed by atoms with Crippen LogP contribution in [0.3, 0.4) is 0 Å². The molecular formula is C24H31N. The number of benzene rings is 2. The predicted octanol–water partition coefficient (Wildman–Crippen LogP) is 6.04. The van der Waals surface area contributed by atoms with Gasteiger partial charge in [-0.15, -0.1) is 0 Å². The normalized spacial score (nSPS) is 21.9. The Balaban J connectivity index is 1.37. The second-order valence-corrected chi connectivity index (χ2v) is 8.08. The van der Waals surface area contributed by atoms with Gasteiger partial charge in [0.05, 0.1) is 0 Å². The summed E-state index contributed by atoms with van der Waals surface area (Å²) < 4.78 is 0. The highest BCUT2D eigenvalue weighted by Crippen LogP contribution is 2.34. The molecule has 2 aliphatic rings. The van der Waals surface area contributed by atoms with Crippen LogP contribution in [-0.2, 0) is 6.42 Å². The van der Waals surface area contributed by atoms with Crippen molar-refractivity contribution in [1.82, 2.24) is 4.90 Å². The smallest absolute Gasteiger partial charge is 0.00675 e. The van der Waals surface area contributed by atoms with Crippen LogP contribution in [0, 0.1) is 0 Å². The monoisotopic (exact) mass is 333 g/mol. The van der Waals surface area contributed by atoms with Gasteiger partial charge in [-0.1, -0.05) is 61.4 Å². The molecule has 4 rings (SSSR count). The molecule has 2 fully saturated rings. The molecule has 1 nitrogen and oxygen atoms in total. The van der Waals surface area contributed by atoms with Crippen molar-refractivity contribution >= 4 is 0 Å². The molecule has 0 amide bonds. The minimum absolute atomic E-state index is 0.776. The van der Waals surface area contributed by atoms with E-state index in [1.165, 1.54) is 80.3 Å². The summed E-state index contributed by atoms with van der Waals surface area (Å²) >= 11 is 0. The molecule has 0 unspecified atom stereocenters. The second kappa shape index (κ2) is 7.74. The first kappa shape index (κ1) is 16.8. The zero-order valence-electron chi connectivity index (χ0n) is 15.6. The topological polar surface area (TPSA) is 3.24 Å². The lowest BCUT2D eigenvalue weighted by atomic mass is 9.95. The van der Waals surface area contributed by atoms with E-state index < -0.39 is 0 Å². The quantitative estimate of drug-likeness (QED) is 0.645. The lowest BCUT2D eigenvalue weighted by Gasteiger charge is -2.20. The van der Waals surface area contributed by atoms with Crippen LogP contribution < -0.4 is 0 Å². The molecule has 0 radical (unpaired) electrons. The highest BCUT2D eigenvalue weighted by atomic mass is 15.2. The first-order valence-corrected chi connectivity index (χ1v) is 10.2. The molecule has 1 heteroatoms. The van der Waals surface area contributed by atoms with Crippen molar-refractivity contribution in [2.45, 2.75) is 63.8 Å². The molecule has 25 heavy (non-hydrogen) atoms. The Hall–Kier alpha value is -1.60. The summed E-state index contributed by atoms with van der Waals surface area (Å²) in [6, 6.07) is 19.4. The average Bonchev–Trinajstić information content (AvgIpc) is 3.33. The van der Waals surface area contributed by atoms with Gasteiger partial charge in [-0.05, 0) is 73.7 Å². The number of nitrogens with zero attached hydrogens (tertiary/aromatic N) is 1. The number of likely N-dealkylation sites (tertiary alicyclic amines) is 1. The lowest BCUT2D eigenvalue weighted by Crippen LogP contribution is -2.28. The van der Waals surface area contributed by atoms with Crippen LogP contribution in [0.1, 0.15) is 62.5 Å². The van der Waals surface area contributed by atoms with Gasteiger partial charge in [-0.3, -0.25) is 0 Å². The van der Waals surface area contributed by atoms with E-state index in [0.717, 1.165) is 12.0 Å². The first-order valence-electron chi connectivity index (χ1n) is 10.2. The molecule has 1 atom stereocenters. The first-order chi connectivity index (χ1) is 12.3. The van der Waals surface area contributed by atoms with Crippen LogP contribution in [0.4, 0.5) is 0 Å². The Kier molecular flexibility index (Phi) is 5.22. The van der Waals surface area contributed by atoms with Crippen LogP contribution in [0.2, 0.25) is 0 Å². The molecule has 0 spiro atoms. The molecule has 1 saturated heterocycles. The standard InChI is InChI=1S/C24H31N/c1-19-5-4-17-25(19)18-16-20-8-10-22(11-9-20)24-14-12-23(13-15-24)21-6-2-3-7-21/h8-15,19,21H,2-7,16-18H2,1H3/t19-/m1/s1. The summed E-state index contributed by atoms with van der Waals surface area (Å²) in [7, 11) is 0. The fourth-order valence-corrected chi connectivity index (χ4v) is 4.67. The van der Waals surface area contributed by atoms with Crippen LogP contribution in [-0.4, -0.2) is 24.0 Å². The third-order valence-electron chi connectivity index (χ3n) is 6.40. The molecule has 132 valence electrons. The maximum atomic E-state index is 2.63. The fraction of sp³-hybridized carbons (Fsp3) is 0.500. The lowest BCUT2D eigenvalue weighted by molar-refractivity contribution is 0.272. The van der Waals surface area contributed by atoms with Gasteiger partial charge in [0, 0.05) is 12.6 Å². The minimum Gasteiger partial charge on any atom is -0.300 e. The van der Waals surface area contributed by atoms with Crippen LogP contribution in [0.5, 0.6) is 0 Å². The predicted molar refractivity (Wildman–Crippen MR) is 107 cm³/mol. The second-order valence-electron chi connectivity index (χ2n) is 8.08. The number of hydrogen-bond acceptors (Lipinski definition) is 1. The van der Waals surface area contributed by atoms with Crippen LogP contribution in [0.25, 0.3) is 11.1 Å². The molecular weight excluding hydrogens is 302 g/mol. The molecule has 1 saturated carbocycles. The third kappa shape index (κ3) is 3.98. The van der Waals surface area contributed by atoms with E-state index in [0.29, 0.717) is 0 Å². The summed E-state index contributed by atoms with van der Waals surface area (Å²) in [6.45, 7) is 4.86. The van der Waals surface area contributed by atoms with Crippen molar-refractivity contribution in [3.05, 3.63) is 59.7 Å². The summed E-state index contributed by atoms with van der Waals surface area (Å²) in [4.78, 5) is 2.63. The van der Waals surface area contributed by atoms with Gasteiger partial charge >= 0.3 is 0 Å². The summed E-state index contributed by atoms with van der Waals surface area (Å²) in [5.74, 6) is 0.810. The van der Waals surface area contributed by atoms with Gasteiger partial charge < -0.3 is 4.90 Å². The largest absolute Gasteiger partial charge is 0.300 e. The Morgan fingerprint density at radius 2 is 1.44 bits per heavy atom. The maximum Gasteiger partial charge on any atom is 0.00675 e. The van der Waals surface area contributed by atoms with Crippen molar-refractivity contribution in [2.24, 2.45) is 0 Å². The van der Waals surface area contributed by atoms with Crippen molar-refractivity contribution < 1.29 is 0 Å². The molecule has 1 heterocycles. The Bertz CT molecular complexity index is 664. The Morgan fingerprint density at radius 1 is 0.800 bits per heavy atom. The molecule has 0 bridgehead atoms. The summed E-state index contributed by atoms with van der Waals surface area (Å²) in [5.41, 5.74) is 5.70. The van der Waals surface area contributed by atoms with Gasteiger partial charge in [-0.25, -0.2) is 0 Å². The minimum atomic E-state index is 0.776. The van der Waals surface area contributed by atoms with E-state index in [1.54, 1.807) is 0 Å². The highest BCUT2D eigenvalue weighted by molar-refractivity contribution is 5.64. The number of hydrogen-bond donors (Lipinski definition) is 0. The van der Waals surface area contributed by atoms with E-state index >= 15 is 0 Å². The molecule has 0 aromatic heterocycles. The molecule has 2 aromatic rings. The van der Waals surface area contributed by atoms with Crippen molar-refractivity contribution in [2.75, 3.05) is 13.1 Å². The van der Waals surface area contributed by atoms with Crippen molar-refractivity contribution in [3.8, 4) is 11.1 Å². The van der Waals surface area contributed by atoms with Crippen molar-refractivity contribution in [3.63, 3.8) is 0 Å². The zero-order chi connectivity index (χ0) is 17.1. The molecule has 1 aliphatic heterocycles. The van der Waals surface area contributed by atoms with Crippen LogP contribution >= 0.6 is 0 Å². The van der Waals surface area contributed by atoms with E-state index in [2.05, 4.69) is 60.4 Å².